The molecule has 3 unspecified atom stereocenters. The molecule has 10 nitrogen and oxygen atoms in total. The molecule has 1 aromatic heterocycles. The summed E-state index contributed by atoms with van der Waals surface area (Å²) in [4.78, 5) is 30.2. The van der Waals surface area contributed by atoms with Crippen LogP contribution in [-0.4, -0.2) is 93.2 Å². The Kier molecular flexibility index (Phi) is 9.13. The molecular weight excluding hydrogens is 519 g/mol. The van der Waals surface area contributed by atoms with Gasteiger partial charge in [-0.2, -0.15) is 0 Å². The number of rotatable bonds is 9. The van der Waals surface area contributed by atoms with Gasteiger partial charge in [-0.3, -0.25) is 9.69 Å². The normalized spacial score (nSPS) is 24.2. The number of aliphatic hydroxyl groups excluding tert-OH is 1. The minimum Gasteiger partial charge on any atom is -0.476 e. The van der Waals surface area contributed by atoms with Gasteiger partial charge in [0.1, 0.15) is 5.75 Å². The van der Waals surface area contributed by atoms with Crippen molar-refractivity contribution in [3.63, 3.8) is 0 Å². The number of nitrogens with one attached hydrogen (secondary N) is 1. The molecule has 3 N–H and O–H groups in total. The lowest BCUT2D eigenvalue weighted by atomic mass is 10.2. The van der Waals surface area contributed by atoms with Gasteiger partial charge in [0.2, 0.25) is 5.91 Å². The summed E-state index contributed by atoms with van der Waals surface area (Å²) in [6.07, 6.45) is 0.0536. The molecule has 2 aromatic rings. The molecule has 2 aliphatic heterocycles. The second-order valence-electron chi connectivity index (χ2n) is 10.3. The van der Waals surface area contributed by atoms with Crippen LogP contribution >= 0.6 is 0 Å². The zero-order valence-corrected chi connectivity index (χ0v) is 21.7. The molecular formula is C26H34F3N5O5. The average Bonchev–Trinajstić information content (AvgIpc) is 3.35. The van der Waals surface area contributed by atoms with Gasteiger partial charge in [-0.15, -0.1) is 13.2 Å². The van der Waals surface area contributed by atoms with Crippen LogP contribution in [0.1, 0.15) is 28.9 Å². The van der Waals surface area contributed by atoms with Crippen LogP contribution in [0.5, 0.6) is 5.75 Å². The standard InChI is InChI=1S/C21H28F3N3O3.C5H6N2O2/c22-21(23,24)30-16-5-1-3-14(7-16)8-25-9-17-18-10-26(11-19(17)18)12-20(29)27-6-2-4-15(27)13-28;1-7-2-4(5(8)9)6-3-7/h1,3,5,7,15,17-19,25,28H,2,4,6,8-13H2;2-3H,1H3,(H,8,9). The highest BCUT2D eigenvalue weighted by atomic mass is 19.4. The number of aryl methyl sites for hydroxylation is 1. The molecule has 1 saturated carbocycles. The third-order valence-electron chi connectivity index (χ3n) is 7.48. The maximum absolute atomic E-state index is 12.5. The Morgan fingerprint density at radius 1 is 1.23 bits per heavy atom. The highest BCUT2D eigenvalue weighted by Crippen LogP contribution is 2.51. The third kappa shape index (κ3) is 7.93. The van der Waals surface area contributed by atoms with Gasteiger partial charge in [0.05, 0.1) is 25.5 Å². The van der Waals surface area contributed by atoms with Crippen LogP contribution in [0, 0.1) is 17.8 Å². The fraction of sp³-hybridized carbons (Fsp3) is 0.577. The maximum Gasteiger partial charge on any atom is 0.573 e. The van der Waals surface area contributed by atoms with Gasteiger partial charge in [0, 0.05) is 39.4 Å². The summed E-state index contributed by atoms with van der Waals surface area (Å²) in [6.45, 7) is 4.34. The van der Waals surface area contributed by atoms with E-state index in [-0.39, 0.29) is 30.0 Å². The molecule has 0 bridgehead atoms. The number of nitrogens with zero attached hydrogens (tertiary/aromatic N) is 4. The number of carbonyl (C=O) groups is 2. The van der Waals surface area contributed by atoms with Gasteiger partial charge in [0.15, 0.2) is 5.69 Å². The monoisotopic (exact) mass is 553 g/mol. The van der Waals surface area contributed by atoms with E-state index in [1.165, 1.54) is 24.7 Å². The van der Waals surface area contributed by atoms with E-state index in [9.17, 15) is 27.9 Å². The second kappa shape index (κ2) is 12.3. The number of hydrogen-bond donors (Lipinski definition) is 3. The van der Waals surface area contributed by atoms with Gasteiger partial charge in [-0.1, -0.05) is 12.1 Å². The van der Waals surface area contributed by atoms with Gasteiger partial charge in [0.25, 0.3) is 0 Å². The van der Waals surface area contributed by atoms with E-state index in [1.54, 1.807) is 23.7 Å². The molecule has 3 heterocycles. The largest absolute Gasteiger partial charge is 0.573 e. The average molecular weight is 554 g/mol. The zero-order valence-electron chi connectivity index (χ0n) is 21.7. The molecule has 3 aliphatic rings. The van der Waals surface area contributed by atoms with Crippen molar-refractivity contribution >= 4 is 11.9 Å². The number of likely N-dealkylation sites (tertiary alicyclic amines) is 2. The van der Waals surface area contributed by atoms with Gasteiger partial charge < -0.3 is 29.7 Å². The van der Waals surface area contributed by atoms with Crippen LogP contribution in [0.15, 0.2) is 36.8 Å². The Balaban J connectivity index is 0.000000333. The molecule has 5 rings (SSSR count). The van der Waals surface area contributed by atoms with E-state index in [0.717, 1.165) is 44.6 Å². The quantitative estimate of drug-likeness (QED) is 0.431. The predicted octanol–water partition coefficient (Wildman–Crippen LogP) is 1.95. The number of carbonyl (C=O) groups excluding carboxylic acids is 1. The Hall–Kier alpha value is -3.16. The Labute approximate surface area is 224 Å². The van der Waals surface area contributed by atoms with E-state index < -0.39 is 12.3 Å². The van der Waals surface area contributed by atoms with E-state index in [1.807, 2.05) is 4.90 Å². The van der Waals surface area contributed by atoms with Crippen molar-refractivity contribution < 1.29 is 37.7 Å². The molecule has 3 fully saturated rings. The number of halogens is 3. The first kappa shape index (κ1) is 28.8. The lowest BCUT2D eigenvalue weighted by molar-refractivity contribution is -0.274. The molecule has 2 saturated heterocycles. The first-order valence-electron chi connectivity index (χ1n) is 12.9. The van der Waals surface area contributed by atoms with Crippen molar-refractivity contribution in [1.29, 1.82) is 0 Å². The lowest BCUT2D eigenvalue weighted by Gasteiger charge is -2.26. The number of carboxylic acids is 1. The van der Waals surface area contributed by atoms with Gasteiger partial charge in [-0.25, -0.2) is 9.78 Å². The number of aromatic nitrogens is 2. The fourth-order valence-corrected chi connectivity index (χ4v) is 5.56. The SMILES string of the molecule is Cn1cnc(C(=O)O)c1.O=C(CN1CC2C(CNCc3cccc(OC(F)(F)F)c3)C2C1)N1CCCC1CO. The van der Waals surface area contributed by atoms with E-state index in [4.69, 9.17) is 5.11 Å². The van der Waals surface area contributed by atoms with Crippen molar-refractivity contribution in [1.82, 2.24) is 24.7 Å². The molecule has 214 valence electrons. The van der Waals surface area contributed by atoms with Gasteiger partial charge in [-0.05, 0) is 54.8 Å². The Bertz CT molecular complexity index is 1130. The van der Waals surface area contributed by atoms with Gasteiger partial charge >= 0.3 is 12.3 Å². The smallest absolute Gasteiger partial charge is 0.476 e. The number of aliphatic hydroxyl groups is 1. The topological polar surface area (TPSA) is 120 Å². The number of amides is 1. The first-order chi connectivity index (χ1) is 18.5. The Morgan fingerprint density at radius 2 is 1.97 bits per heavy atom. The minimum absolute atomic E-state index is 0.0216. The first-order valence-corrected chi connectivity index (χ1v) is 12.9. The maximum atomic E-state index is 12.5. The van der Waals surface area contributed by atoms with E-state index >= 15 is 0 Å². The van der Waals surface area contributed by atoms with Crippen molar-refractivity contribution in [2.45, 2.75) is 31.8 Å². The summed E-state index contributed by atoms with van der Waals surface area (Å²) >= 11 is 0. The lowest BCUT2D eigenvalue weighted by Crippen LogP contribution is -2.44. The molecule has 1 aromatic carbocycles. The molecule has 13 heteroatoms. The predicted molar refractivity (Wildman–Crippen MR) is 134 cm³/mol. The van der Waals surface area contributed by atoms with Crippen LogP contribution in [-0.2, 0) is 18.4 Å². The van der Waals surface area contributed by atoms with Crippen molar-refractivity contribution in [2.24, 2.45) is 24.8 Å². The van der Waals surface area contributed by atoms with E-state index in [0.29, 0.717) is 30.8 Å². The number of benzene rings is 1. The molecule has 0 radical (unpaired) electrons. The van der Waals surface area contributed by atoms with Crippen LogP contribution in [0.4, 0.5) is 13.2 Å². The number of alkyl halides is 3. The summed E-state index contributed by atoms with van der Waals surface area (Å²) in [5.41, 5.74) is 0.830. The number of piperidine rings is 1. The summed E-state index contributed by atoms with van der Waals surface area (Å²) in [5, 5.41) is 21.0. The third-order valence-corrected chi connectivity index (χ3v) is 7.48. The highest BCUT2D eigenvalue weighted by Gasteiger charge is 2.55. The van der Waals surface area contributed by atoms with Crippen LogP contribution in [0.25, 0.3) is 0 Å². The Morgan fingerprint density at radius 3 is 2.56 bits per heavy atom. The van der Waals surface area contributed by atoms with Crippen molar-refractivity contribution in [3.05, 3.63) is 48.0 Å². The van der Waals surface area contributed by atoms with Crippen molar-refractivity contribution in [3.8, 4) is 5.75 Å². The molecule has 1 aliphatic carbocycles. The number of fused-ring (bicyclic) bond motifs is 1. The molecule has 0 spiro atoms. The van der Waals surface area contributed by atoms with E-state index in [2.05, 4.69) is 19.9 Å². The fourth-order valence-electron chi connectivity index (χ4n) is 5.56. The minimum atomic E-state index is -4.68. The molecule has 3 atom stereocenters. The summed E-state index contributed by atoms with van der Waals surface area (Å²) in [5.74, 6) is 0.642. The molecule has 1 amide bonds. The number of imidazole rings is 1. The van der Waals surface area contributed by atoms with Crippen LogP contribution < -0.4 is 10.1 Å². The zero-order chi connectivity index (χ0) is 28.2. The number of hydrogen-bond acceptors (Lipinski definition) is 7. The van der Waals surface area contributed by atoms with Crippen molar-refractivity contribution in [2.75, 3.05) is 39.3 Å². The summed E-state index contributed by atoms with van der Waals surface area (Å²) < 4.78 is 42.5. The second-order valence-corrected chi connectivity index (χ2v) is 10.3. The van der Waals surface area contributed by atoms with Crippen LogP contribution in [0.3, 0.4) is 0 Å². The van der Waals surface area contributed by atoms with Crippen LogP contribution in [0.2, 0.25) is 0 Å². The number of aromatic carboxylic acids is 1. The molecule has 39 heavy (non-hydrogen) atoms. The summed E-state index contributed by atoms with van der Waals surface area (Å²) in [7, 11) is 1.72. The highest BCUT2D eigenvalue weighted by molar-refractivity contribution is 5.84. The summed E-state index contributed by atoms with van der Waals surface area (Å²) in [6, 6.07) is 6.00. The number of carboxylic acid groups (broad SMARTS) is 1. The number of ether oxygens (including phenoxy) is 1.